The van der Waals surface area contributed by atoms with E-state index in [2.05, 4.69) is 9.98 Å². The van der Waals surface area contributed by atoms with Gasteiger partial charge in [-0.25, -0.2) is 19.6 Å². The summed E-state index contributed by atoms with van der Waals surface area (Å²) < 4.78 is 4.99. The van der Waals surface area contributed by atoms with Crippen LogP contribution in [0.3, 0.4) is 0 Å². The Morgan fingerprint density at radius 3 is 1.32 bits per heavy atom. The molecular weight excluding hydrogens is 496 g/mol. The van der Waals surface area contributed by atoms with Crippen molar-refractivity contribution >= 4 is 24.1 Å². The van der Waals surface area contributed by atoms with E-state index < -0.39 is 11.9 Å². The second-order valence-corrected chi connectivity index (χ2v) is 9.79. The van der Waals surface area contributed by atoms with Gasteiger partial charge in [-0.1, -0.05) is 0 Å². The van der Waals surface area contributed by atoms with Crippen LogP contribution >= 0.6 is 0 Å². The molecule has 2 aliphatic rings. The summed E-state index contributed by atoms with van der Waals surface area (Å²) in [4.78, 5) is 47.9. The number of aliphatic hydroxyl groups is 2. The molecule has 4 N–H and O–H groups in total. The number of unbranched alkanes of at least 4 members (excludes halogenated alkanes) is 1. The highest BCUT2D eigenvalue weighted by molar-refractivity contribution is 5.67. The summed E-state index contributed by atoms with van der Waals surface area (Å²) in [6.07, 6.45) is 16.0. The van der Waals surface area contributed by atoms with Gasteiger partial charge >= 0.3 is 11.9 Å². The number of hydrogen-bond donors (Lipinski definition) is 4. The molecule has 0 saturated heterocycles. The number of nitrogens with zero attached hydrogens (tertiary/aromatic N) is 2. The van der Waals surface area contributed by atoms with Crippen molar-refractivity contribution in [1.29, 1.82) is 0 Å². The predicted molar refractivity (Wildman–Crippen MR) is 140 cm³/mol. The van der Waals surface area contributed by atoms with Crippen molar-refractivity contribution in [3.8, 4) is 0 Å². The fourth-order valence-electron chi connectivity index (χ4n) is 4.63. The van der Waals surface area contributed by atoms with Crippen molar-refractivity contribution in [1.82, 2.24) is 0 Å². The van der Waals surface area contributed by atoms with E-state index >= 15 is 0 Å². The number of carboxylic acids is 2. The topological polar surface area (TPSA) is 183 Å². The number of aliphatic imine (C=N–C) groups is 2. The fourth-order valence-corrected chi connectivity index (χ4v) is 4.63. The molecule has 218 valence electrons. The van der Waals surface area contributed by atoms with Crippen molar-refractivity contribution in [2.75, 3.05) is 26.4 Å². The Morgan fingerprint density at radius 2 is 1.03 bits per heavy atom. The van der Waals surface area contributed by atoms with Crippen LogP contribution in [-0.4, -0.2) is 83.0 Å². The predicted octanol–water partition coefficient (Wildman–Crippen LogP) is 3.65. The molecule has 0 aromatic rings. The number of carbonyl (C=O) groups excluding carboxylic acids is 2. The van der Waals surface area contributed by atoms with Gasteiger partial charge in [0.2, 0.25) is 12.2 Å². The van der Waals surface area contributed by atoms with Crippen LogP contribution in [0.15, 0.2) is 9.98 Å². The van der Waals surface area contributed by atoms with Gasteiger partial charge < -0.3 is 25.2 Å². The fraction of sp³-hybridized carbons (Fsp3) is 0.852. The standard InChI is InChI=1S/C15H22N2O2.C6H10O4.C6H14O3/c18-10-16-14-5-1-12(2-6-14)9-13-3-7-15(8-4-13)17-11-19;7-5(8)3-1-2-4-6(9)10;7-3-1-5-9-6-2-4-8/h12-15H,1-9H2;1-4H2,(H,7,8)(H,9,10);7-8H,1-6H2. The number of carboxylic acid groups (broad SMARTS) is 2. The highest BCUT2D eigenvalue weighted by Crippen LogP contribution is 2.36. The second-order valence-electron chi connectivity index (χ2n) is 9.79. The van der Waals surface area contributed by atoms with Crippen LogP contribution < -0.4 is 0 Å². The molecule has 0 heterocycles. The molecule has 0 bridgehead atoms. The van der Waals surface area contributed by atoms with E-state index in [0.717, 1.165) is 37.5 Å². The summed E-state index contributed by atoms with van der Waals surface area (Å²) in [5, 5.41) is 32.8. The molecular formula is C27H46N2O9. The van der Waals surface area contributed by atoms with E-state index in [1.165, 1.54) is 32.1 Å². The van der Waals surface area contributed by atoms with Crippen molar-refractivity contribution in [3.63, 3.8) is 0 Å². The molecule has 2 saturated carbocycles. The van der Waals surface area contributed by atoms with Gasteiger partial charge in [-0.05, 0) is 95.3 Å². The number of ether oxygens (including phenoxy) is 1. The summed E-state index contributed by atoms with van der Waals surface area (Å²) in [6.45, 7) is 1.55. The Labute approximate surface area is 225 Å². The lowest BCUT2D eigenvalue weighted by atomic mass is 9.76. The Morgan fingerprint density at radius 1 is 0.658 bits per heavy atom. The summed E-state index contributed by atoms with van der Waals surface area (Å²) >= 11 is 0. The van der Waals surface area contributed by atoms with Crippen LogP contribution in [0.5, 0.6) is 0 Å². The van der Waals surface area contributed by atoms with Gasteiger partial charge in [0.05, 0.1) is 12.1 Å². The van der Waals surface area contributed by atoms with Crippen molar-refractivity contribution in [2.24, 2.45) is 21.8 Å². The minimum atomic E-state index is -0.870. The molecule has 11 heteroatoms. The molecule has 38 heavy (non-hydrogen) atoms. The van der Waals surface area contributed by atoms with Gasteiger partial charge in [0, 0.05) is 39.3 Å². The number of aliphatic carboxylic acids is 2. The first-order valence-corrected chi connectivity index (χ1v) is 13.7. The first-order valence-electron chi connectivity index (χ1n) is 13.7. The summed E-state index contributed by atoms with van der Waals surface area (Å²) in [5.74, 6) is -0.140. The molecule has 2 aliphatic carbocycles. The Balaban J connectivity index is 0.000000610. The van der Waals surface area contributed by atoms with E-state index in [1.54, 1.807) is 12.2 Å². The maximum Gasteiger partial charge on any atom is 0.303 e. The molecule has 0 aromatic heterocycles. The molecule has 0 atom stereocenters. The Hall–Kier alpha value is -2.42. The summed E-state index contributed by atoms with van der Waals surface area (Å²) in [7, 11) is 0. The average Bonchev–Trinajstić information content (AvgIpc) is 2.90. The molecule has 0 aliphatic heterocycles. The lowest BCUT2D eigenvalue weighted by molar-refractivity contribution is -0.139. The van der Waals surface area contributed by atoms with Gasteiger partial charge in [0.25, 0.3) is 0 Å². The zero-order chi connectivity index (χ0) is 28.4. The van der Waals surface area contributed by atoms with Crippen LogP contribution in [0.1, 0.15) is 96.3 Å². The third-order valence-corrected chi connectivity index (χ3v) is 6.69. The van der Waals surface area contributed by atoms with E-state index in [-0.39, 0.29) is 38.1 Å². The molecule has 0 unspecified atom stereocenters. The zero-order valence-electron chi connectivity index (χ0n) is 22.5. The van der Waals surface area contributed by atoms with Crippen molar-refractivity contribution in [3.05, 3.63) is 0 Å². The number of rotatable bonds is 15. The number of isocyanates is 2. The third kappa shape index (κ3) is 21.6. The van der Waals surface area contributed by atoms with Gasteiger partial charge in [0.15, 0.2) is 0 Å². The number of aliphatic hydroxyl groups excluding tert-OH is 2. The van der Waals surface area contributed by atoms with Gasteiger partial charge in [-0.2, -0.15) is 0 Å². The monoisotopic (exact) mass is 542 g/mol. The lowest BCUT2D eigenvalue weighted by Gasteiger charge is -2.31. The van der Waals surface area contributed by atoms with Gasteiger partial charge in [-0.15, -0.1) is 0 Å². The molecule has 2 rings (SSSR count). The Bertz CT molecular complexity index is 647. The minimum Gasteiger partial charge on any atom is -0.481 e. The normalized spacial score (nSPS) is 22.3. The van der Waals surface area contributed by atoms with E-state index in [1.807, 2.05) is 0 Å². The van der Waals surface area contributed by atoms with Crippen LogP contribution in [0.25, 0.3) is 0 Å². The molecule has 2 fully saturated rings. The van der Waals surface area contributed by atoms with Crippen LogP contribution in [0.4, 0.5) is 0 Å². The van der Waals surface area contributed by atoms with Crippen LogP contribution in [-0.2, 0) is 23.9 Å². The van der Waals surface area contributed by atoms with E-state index in [4.69, 9.17) is 25.2 Å². The highest BCUT2D eigenvalue weighted by Gasteiger charge is 2.26. The molecule has 0 aromatic carbocycles. The molecule has 11 nitrogen and oxygen atoms in total. The van der Waals surface area contributed by atoms with Crippen molar-refractivity contribution in [2.45, 2.75) is 108 Å². The zero-order valence-corrected chi connectivity index (χ0v) is 22.5. The first kappa shape index (κ1) is 35.6. The van der Waals surface area contributed by atoms with E-state index in [0.29, 0.717) is 38.9 Å². The molecule has 0 radical (unpaired) electrons. The quantitative estimate of drug-likeness (QED) is 0.136. The van der Waals surface area contributed by atoms with Gasteiger partial charge in [0.1, 0.15) is 0 Å². The first-order chi connectivity index (χ1) is 18.4. The summed E-state index contributed by atoms with van der Waals surface area (Å²) in [5.41, 5.74) is 0. The van der Waals surface area contributed by atoms with Crippen molar-refractivity contribution < 1.29 is 44.3 Å². The van der Waals surface area contributed by atoms with E-state index in [9.17, 15) is 19.2 Å². The van der Waals surface area contributed by atoms with Crippen LogP contribution in [0.2, 0.25) is 0 Å². The Kier molecular flexibility index (Phi) is 23.3. The lowest BCUT2D eigenvalue weighted by Crippen LogP contribution is -2.23. The SMILES string of the molecule is O=C(O)CCCCC(=O)O.O=C=NC1CCC(CC2CCC(N=C=O)CC2)CC1.OCCCOCCCO. The second kappa shape index (κ2) is 24.9. The molecule has 0 amide bonds. The third-order valence-electron chi connectivity index (χ3n) is 6.69. The maximum atomic E-state index is 10.2. The highest BCUT2D eigenvalue weighted by atomic mass is 16.5. The smallest absolute Gasteiger partial charge is 0.303 e. The van der Waals surface area contributed by atoms with Crippen LogP contribution in [0, 0.1) is 11.8 Å². The number of hydrogen-bond acceptors (Lipinski definition) is 9. The molecule has 0 spiro atoms. The largest absolute Gasteiger partial charge is 0.481 e. The maximum absolute atomic E-state index is 10.2. The van der Waals surface area contributed by atoms with Gasteiger partial charge in [-0.3, -0.25) is 9.59 Å². The minimum absolute atomic E-state index is 0.0628. The average molecular weight is 543 g/mol. The summed E-state index contributed by atoms with van der Waals surface area (Å²) in [6, 6.07) is 0.456. The number of carbonyl (C=O) groups is 2.